The molecule has 0 bridgehead atoms. The first kappa shape index (κ1) is 17.1. The molecule has 3 aliphatic rings. The lowest BCUT2D eigenvalue weighted by atomic mass is 9.80. The average molecular weight is 319 g/mol. The zero-order valence-corrected chi connectivity index (χ0v) is 14.5. The van der Waals surface area contributed by atoms with Crippen LogP contribution in [0.3, 0.4) is 0 Å². The van der Waals surface area contributed by atoms with Crippen LogP contribution in [-0.2, 0) is 9.59 Å². The summed E-state index contributed by atoms with van der Waals surface area (Å²) >= 11 is 0. The third-order valence-electron chi connectivity index (χ3n) is 6.71. The maximum absolute atomic E-state index is 11.1. The highest BCUT2D eigenvalue weighted by Gasteiger charge is 2.36. The van der Waals surface area contributed by atoms with E-state index in [0.717, 1.165) is 31.7 Å². The quantitative estimate of drug-likeness (QED) is 0.715. The van der Waals surface area contributed by atoms with Crippen molar-refractivity contribution in [3.8, 4) is 0 Å². The van der Waals surface area contributed by atoms with Crippen LogP contribution in [0.15, 0.2) is 0 Å². The van der Waals surface area contributed by atoms with Crippen molar-refractivity contribution in [1.82, 2.24) is 4.90 Å². The molecule has 3 nitrogen and oxygen atoms in total. The molecule has 0 radical (unpaired) electrons. The number of aldehydes is 2. The van der Waals surface area contributed by atoms with Gasteiger partial charge in [-0.15, -0.1) is 0 Å². The molecule has 0 heterocycles. The molecule has 0 spiro atoms. The summed E-state index contributed by atoms with van der Waals surface area (Å²) < 4.78 is 0. The summed E-state index contributed by atoms with van der Waals surface area (Å²) in [7, 11) is 0. The van der Waals surface area contributed by atoms with Gasteiger partial charge in [-0.05, 0) is 64.2 Å². The highest BCUT2D eigenvalue weighted by Crippen LogP contribution is 2.37. The first-order valence-electron chi connectivity index (χ1n) is 10.00. The van der Waals surface area contributed by atoms with E-state index in [1.54, 1.807) is 0 Å². The Bertz CT molecular complexity index is 347. The Balaban J connectivity index is 1.66. The molecule has 0 saturated heterocycles. The van der Waals surface area contributed by atoms with Gasteiger partial charge in [0.25, 0.3) is 0 Å². The van der Waals surface area contributed by atoms with Crippen molar-refractivity contribution in [1.29, 1.82) is 0 Å². The number of hydrogen-bond acceptors (Lipinski definition) is 3. The SMILES string of the molecule is O=CC1CCC(N(C2CCCCC2)C2CCC(C=O)CC2)CC1. The van der Waals surface area contributed by atoms with E-state index in [1.807, 2.05) is 0 Å². The molecule has 0 aromatic heterocycles. The molecule has 23 heavy (non-hydrogen) atoms. The third kappa shape index (κ3) is 4.23. The lowest BCUT2D eigenvalue weighted by Crippen LogP contribution is -2.52. The van der Waals surface area contributed by atoms with Crippen LogP contribution in [0, 0.1) is 11.8 Å². The molecule has 0 amide bonds. The second kappa shape index (κ2) is 8.41. The first-order valence-corrected chi connectivity index (χ1v) is 10.00. The summed E-state index contributed by atoms with van der Waals surface area (Å²) in [5.41, 5.74) is 0. The Kier molecular flexibility index (Phi) is 6.27. The molecule has 3 fully saturated rings. The predicted octanol–water partition coefficient (Wildman–Crippen LogP) is 4.14. The van der Waals surface area contributed by atoms with Crippen molar-refractivity contribution < 1.29 is 9.59 Å². The number of carbonyl (C=O) groups excluding carboxylic acids is 2. The minimum atomic E-state index is 0.310. The molecule has 3 heteroatoms. The summed E-state index contributed by atoms with van der Waals surface area (Å²) in [6.45, 7) is 0. The van der Waals surface area contributed by atoms with E-state index in [0.29, 0.717) is 23.9 Å². The van der Waals surface area contributed by atoms with Gasteiger partial charge in [0.15, 0.2) is 0 Å². The van der Waals surface area contributed by atoms with Crippen molar-refractivity contribution in [3.05, 3.63) is 0 Å². The molecule has 130 valence electrons. The molecule has 0 unspecified atom stereocenters. The third-order valence-corrected chi connectivity index (χ3v) is 6.71. The van der Waals surface area contributed by atoms with Gasteiger partial charge in [0.2, 0.25) is 0 Å². The summed E-state index contributed by atoms with van der Waals surface area (Å²) in [6.07, 6.45) is 18.4. The summed E-state index contributed by atoms with van der Waals surface area (Å²) in [6, 6.07) is 2.14. The fourth-order valence-electron chi connectivity index (χ4n) is 5.35. The molecule has 3 saturated carbocycles. The van der Waals surface area contributed by atoms with E-state index >= 15 is 0 Å². The largest absolute Gasteiger partial charge is 0.303 e. The Hall–Kier alpha value is -0.700. The minimum absolute atomic E-state index is 0.310. The lowest BCUT2D eigenvalue weighted by molar-refractivity contribution is -0.112. The van der Waals surface area contributed by atoms with Gasteiger partial charge in [0.05, 0.1) is 0 Å². The second-order valence-corrected chi connectivity index (χ2v) is 8.15. The van der Waals surface area contributed by atoms with Gasteiger partial charge >= 0.3 is 0 Å². The number of rotatable bonds is 5. The molecule has 0 aromatic rings. The standard InChI is InChI=1S/C20H33NO2/c22-14-16-6-10-19(11-7-16)21(18-4-2-1-3-5-18)20-12-8-17(15-23)9-13-20/h14-20H,1-13H2. The smallest absolute Gasteiger partial charge is 0.123 e. The first-order chi connectivity index (χ1) is 11.3. The van der Waals surface area contributed by atoms with Crippen molar-refractivity contribution in [2.45, 2.75) is 102 Å². The Morgan fingerprint density at radius 1 is 0.522 bits per heavy atom. The Labute approximate surface area is 141 Å². The molecule has 3 rings (SSSR count). The number of hydrogen-bond donors (Lipinski definition) is 0. The van der Waals surface area contributed by atoms with Crippen LogP contribution < -0.4 is 0 Å². The Morgan fingerprint density at radius 2 is 0.913 bits per heavy atom. The minimum Gasteiger partial charge on any atom is -0.303 e. The summed E-state index contributed by atoms with van der Waals surface area (Å²) in [5, 5.41) is 0. The molecule has 0 aliphatic heterocycles. The zero-order chi connectivity index (χ0) is 16.1. The van der Waals surface area contributed by atoms with Crippen LogP contribution in [0.4, 0.5) is 0 Å². The van der Waals surface area contributed by atoms with Gasteiger partial charge in [0.1, 0.15) is 12.6 Å². The average Bonchev–Trinajstić information content (AvgIpc) is 2.64. The van der Waals surface area contributed by atoms with Gasteiger partial charge in [-0.2, -0.15) is 0 Å². The van der Waals surface area contributed by atoms with Crippen molar-refractivity contribution in [3.63, 3.8) is 0 Å². The van der Waals surface area contributed by atoms with Crippen LogP contribution in [-0.4, -0.2) is 35.6 Å². The van der Waals surface area contributed by atoms with Crippen LogP contribution in [0.5, 0.6) is 0 Å². The van der Waals surface area contributed by atoms with Crippen LogP contribution in [0.2, 0.25) is 0 Å². The Morgan fingerprint density at radius 3 is 1.30 bits per heavy atom. The van der Waals surface area contributed by atoms with E-state index in [4.69, 9.17) is 0 Å². The van der Waals surface area contributed by atoms with Gasteiger partial charge in [-0.25, -0.2) is 0 Å². The van der Waals surface area contributed by atoms with Crippen LogP contribution in [0.25, 0.3) is 0 Å². The predicted molar refractivity (Wildman–Crippen MR) is 92.3 cm³/mol. The van der Waals surface area contributed by atoms with E-state index in [2.05, 4.69) is 4.90 Å². The maximum atomic E-state index is 11.1. The fourth-order valence-corrected chi connectivity index (χ4v) is 5.35. The normalized spacial score (nSPS) is 36.7. The van der Waals surface area contributed by atoms with E-state index < -0.39 is 0 Å². The van der Waals surface area contributed by atoms with Gasteiger partial charge in [0, 0.05) is 30.0 Å². The zero-order valence-electron chi connectivity index (χ0n) is 14.5. The monoisotopic (exact) mass is 319 g/mol. The molecular weight excluding hydrogens is 286 g/mol. The molecule has 0 aromatic carbocycles. The van der Waals surface area contributed by atoms with E-state index in [1.165, 1.54) is 70.4 Å². The van der Waals surface area contributed by atoms with Crippen LogP contribution in [0.1, 0.15) is 83.5 Å². The fraction of sp³-hybridized carbons (Fsp3) is 0.900. The van der Waals surface area contributed by atoms with Crippen LogP contribution >= 0.6 is 0 Å². The molecule has 3 aliphatic carbocycles. The number of nitrogens with zero attached hydrogens (tertiary/aromatic N) is 1. The van der Waals surface area contributed by atoms with E-state index in [9.17, 15) is 9.59 Å². The molecular formula is C20H33NO2. The van der Waals surface area contributed by atoms with Gasteiger partial charge in [-0.1, -0.05) is 19.3 Å². The highest BCUT2D eigenvalue weighted by molar-refractivity contribution is 5.54. The highest BCUT2D eigenvalue weighted by atomic mass is 16.1. The van der Waals surface area contributed by atoms with Crippen molar-refractivity contribution in [2.75, 3.05) is 0 Å². The van der Waals surface area contributed by atoms with Crippen molar-refractivity contribution >= 4 is 12.6 Å². The lowest BCUT2D eigenvalue weighted by Gasteiger charge is -2.48. The topological polar surface area (TPSA) is 37.4 Å². The number of carbonyl (C=O) groups is 2. The molecule has 0 atom stereocenters. The van der Waals surface area contributed by atoms with Crippen molar-refractivity contribution in [2.24, 2.45) is 11.8 Å². The van der Waals surface area contributed by atoms with Gasteiger partial charge < -0.3 is 9.59 Å². The summed E-state index contributed by atoms with van der Waals surface area (Å²) in [4.78, 5) is 25.0. The second-order valence-electron chi connectivity index (χ2n) is 8.15. The van der Waals surface area contributed by atoms with Gasteiger partial charge in [-0.3, -0.25) is 4.90 Å². The van der Waals surface area contributed by atoms with E-state index in [-0.39, 0.29) is 0 Å². The maximum Gasteiger partial charge on any atom is 0.123 e. The summed E-state index contributed by atoms with van der Waals surface area (Å²) in [5.74, 6) is 0.621. The molecule has 0 N–H and O–H groups in total.